The summed E-state index contributed by atoms with van der Waals surface area (Å²) >= 11 is 0. The highest BCUT2D eigenvalue weighted by Gasteiger charge is 2.07. The number of anilines is 1. The van der Waals surface area contributed by atoms with Crippen LogP contribution in [0.15, 0.2) is 24.3 Å². The minimum atomic E-state index is -0.752. The van der Waals surface area contributed by atoms with Gasteiger partial charge in [0.25, 0.3) is 0 Å². The van der Waals surface area contributed by atoms with E-state index in [1.807, 2.05) is 38.2 Å². The van der Waals surface area contributed by atoms with Crippen LogP contribution in [0, 0.1) is 0 Å². The molecular weight excluding hydrogens is 216 g/mol. The van der Waals surface area contributed by atoms with Crippen molar-refractivity contribution < 1.29 is 9.90 Å². The van der Waals surface area contributed by atoms with Crippen molar-refractivity contribution in [3.05, 3.63) is 29.8 Å². The SMILES string of the molecule is CN(CCC(=O)O)Cc1ccccc1N(C)C. The van der Waals surface area contributed by atoms with E-state index in [0.717, 1.165) is 6.54 Å². The van der Waals surface area contributed by atoms with Gasteiger partial charge < -0.3 is 14.9 Å². The van der Waals surface area contributed by atoms with Gasteiger partial charge in [-0.25, -0.2) is 0 Å². The summed E-state index contributed by atoms with van der Waals surface area (Å²) in [6.07, 6.45) is 0.181. The average Bonchev–Trinajstić information content (AvgIpc) is 2.27. The van der Waals surface area contributed by atoms with Gasteiger partial charge in [-0.2, -0.15) is 0 Å². The fourth-order valence-corrected chi connectivity index (χ4v) is 1.74. The third-order valence-electron chi connectivity index (χ3n) is 2.62. The molecule has 0 amide bonds. The number of hydrogen-bond acceptors (Lipinski definition) is 3. The molecule has 0 unspecified atom stereocenters. The molecule has 1 aromatic rings. The number of rotatable bonds is 6. The average molecular weight is 236 g/mol. The third kappa shape index (κ3) is 4.44. The number of benzene rings is 1. The Hall–Kier alpha value is -1.55. The van der Waals surface area contributed by atoms with Gasteiger partial charge in [0, 0.05) is 32.9 Å². The predicted octanol–water partition coefficient (Wildman–Crippen LogP) is 1.66. The first-order valence-electron chi connectivity index (χ1n) is 5.66. The van der Waals surface area contributed by atoms with Gasteiger partial charge in [0.1, 0.15) is 0 Å². The van der Waals surface area contributed by atoms with E-state index in [0.29, 0.717) is 6.54 Å². The molecule has 0 saturated carbocycles. The second-order valence-corrected chi connectivity index (χ2v) is 4.40. The van der Waals surface area contributed by atoms with Gasteiger partial charge in [-0.05, 0) is 18.7 Å². The molecule has 4 nitrogen and oxygen atoms in total. The summed E-state index contributed by atoms with van der Waals surface area (Å²) in [5.41, 5.74) is 2.39. The minimum Gasteiger partial charge on any atom is -0.481 e. The second kappa shape index (κ2) is 6.25. The van der Waals surface area contributed by atoms with E-state index in [1.165, 1.54) is 11.3 Å². The van der Waals surface area contributed by atoms with E-state index in [-0.39, 0.29) is 6.42 Å². The summed E-state index contributed by atoms with van der Waals surface area (Å²) in [4.78, 5) is 14.6. The first kappa shape index (κ1) is 13.5. The summed E-state index contributed by atoms with van der Waals surface area (Å²) in [6.45, 7) is 1.33. The Morgan fingerprint density at radius 3 is 2.47 bits per heavy atom. The highest BCUT2D eigenvalue weighted by molar-refractivity contribution is 5.66. The van der Waals surface area contributed by atoms with Crippen LogP contribution in [-0.2, 0) is 11.3 Å². The van der Waals surface area contributed by atoms with Crippen LogP contribution >= 0.6 is 0 Å². The molecule has 1 N–H and O–H groups in total. The Morgan fingerprint density at radius 2 is 1.88 bits per heavy atom. The highest BCUT2D eigenvalue weighted by Crippen LogP contribution is 2.19. The number of aliphatic carboxylic acids is 1. The normalized spacial score (nSPS) is 10.6. The van der Waals surface area contributed by atoms with Crippen LogP contribution in [0.5, 0.6) is 0 Å². The molecule has 0 aliphatic heterocycles. The lowest BCUT2D eigenvalue weighted by Gasteiger charge is -2.21. The van der Waals surface area contributed by atoms with Gasteiger partial charge in [0.15, 0.2) is 0 Å². The molecular formula is C13H20N2O2. The number of hydrogen-bond donors (Lipinski definition) is 1. The topological polar surface area (TPSA) is 43.8 Å². The van der Waals surface area contributed by atoms with Crippen LogP contribution in [-0.4, -0.2) is 43.7 Å². The fraction of sp³-hybridized carbons (Fsp3) is 0.462. The van der Waals surface area contributed by atoms with Gasteiger partial charge in [-0.1, -0.05) is 18.2 Å². The van der Waals surface area contributed by atoms with Gasteiger partial charge in [0.05, 0.1) is 6.42 Å². The van der Waals surface area contributed by atoms with Crippen LogP contribution in [0.2, 0.25) is 0 Å². The fourth-order valence-electron chi connectivity index (χ4n) is 1.74. The van der Waals surface area contributed by atoms with Crippen molar-refractivity contribution >= 4 is 11.7 Å². The standard InChI is InChI=1S/C13H20N2O2/c1-14(2)12-7-5-4-6-11(12)10-15(3)9-8-13(16)17/h4-7H,8-10H2,1-3H3,(H,16,17). The van der Waals surface area contributed by atoms with E-state index >= 15 is 0 Å². The molecule has 0 aliphatic carbocycles. The molecule has 0 bridgehead atoms. The Bertz CT molecular complexity index is 377. The second-order valence-electron chi connectivity index (χ2n) is 4.40. The number of nitrogens with zero attached hydrogens (tertiary/aromatic N) is 2. The van der Waals surface area contributed by atoms with Gasteiger partial charge >= 0.3 is 5.97 Å². The molecule has 0 spiro atoms. The molecule has 0 atom stereocenters. The number of carboxylic acid groups (broad SMARTS) is 1. The molecule has 4 heteroatoms. The van der Waals surface area contributed by atoms with Crippen molar-refractivity contribution in [1.29, 1.82) is 0 Å². The van der Waals surface area contributed by atoms with Crippen LogP contribution in [0.25, 0.3) is 0 Å². The molecule has 17 heavy (non-hydrogen) atoms. The molecule has 0 fully saturated rings. The molecule has 0 heterocycles. The maximum atomic E-state index is 10.5. The van der Waals surface area contributed by atoms with Crippen molar-refractivity contribution in [1.82, 2.24) is 4.90 Å². The largest absolute Gasteiger partial charge is 0.481 e. The number of carboxylic acids is 1. The number of carbonyl (C=O) groups is 1. The zero-order valence-electron chi connectivity index (χ0n) is 10.7. The highest BCUT2D eigenvalue weighted by atomic mass is 16.4. The molecule has 0 radical (unpaired) electrons. The Balaban J connectivity index is 2.64. The molecule has 0 aliphatic rings. The monoisotopic (exact) mass is 236 g/mol. The van der Waals surface area contributed by atoms with Gasteiger partial charge in [-0.15, -0.1) is 0 Å². The van der Waals surface area contributed by atoms with Crippen LogP contribution in [0.1, 0.15) is 12.0 Å². The van der Waals surface area contributed by atoms with Crippen molar-refractivity contribution in [3.63, 3.8) is 0 Å². The molecule has 1 aromatic carbocycles. The first-order valence-corrected chi connectivity index (χ1v) is 5.66. The Labute approximate surface area is 102 Å². The van der Waals surface area contributed by atoms with E-state index < -0.39 is 5.97 Å². The smallest absolute Gasteiger partial charge is 0.304 e. The van der Waals surface area contributed by atoms with Crippen molar-refractivity contribution in [2.75, 3.05) is 32.6 Å². The zero-order valence-corrected chi connectivity index (χ0v) is 10.7. The van der Waals surface area contributed by atoms with E-state index in [1.54, 1.807) is 0 Å². The molecule has 1 rings (SSSR count). The first-order chi connectivity index (χ1) is 8.00. The van der Waals surface area contributed by atoms with E-state index in [4.69, 9.17) is 5.11 Å². The maximum absolute atomic E-state index is 10.5. The van der Waals surface area contributed by atoms with Crippen molar-refractivity contribution in [2.45, 2.75) is 13.0 Å². The van der Waals surface area contributed by atoms with E-state index in [9.17, 15) is 4.79 Å². The summed E-state index contributed by atoms with van der Waals surface area (Å²) in [5, 5.41) is 8.64. The zero-order chi connectivity index (χ0) is 12.8. The van der Waals surface area contributed by atoms with Crippen LogP contribution in [0.4, 0.5) is 5.69 Å². The maximum Gasteiger partial charge on any atom is 0.304 e. The quantitative estimate of drug-likeness (QED) is 0.816. The van der Waals surface area contributed by atoms with E-state index in [2.05, 4.69) is 17.0 Å². The summed E-state index contributed by atoms with van der Waals surface area (Å²) < 4.78 is 0. The number of para-hydroxylation sites is 1. The van der Waals surface area contributed by atoms with Crippen LogP contribution in [0.3, 0.4) is 0 Å². The molecule has 0 aromatic heterocycles. The minimum absolute atomic E-state index is 0.181. The predicted molar refractivity (Wildman–Crippen MR) is 69.4 cm³/mol. The summed E-state index contributed by atoms with van der Waals surface area (Å²) in [5.74, 6) is -0.752. The van der Waals surface area contributed by atoms with Crippen LogP contribution < -0.4 is 4.90 Å². The molecule has 94 valence electrons. The van der Waals surface area contributed by atoms with Gasteiger partial charge in [0.2, 0.25) is 0 Å². The lowest BCUT2D eigenvalue weighted by Crippen LogP contribution is -2.23. The third-order valence-corrected chi connectivity index (χ3v) is 2.62. The van der Waals surface area contributed by atoms with Gasteiger partial charge in [-0.3, -0.25) is 4.79 Å². The Kier molecular flexibility index (Phi) is 4.97. The summed E-state index contributed by atoms with van der Waals surface area (Å²) in [6, 6.07) is 8.16. The van der Waals surface area contributed by atoms with Crippen molar-refractivity contribution in [2.24, 2.45) is 0 Å². The Morgan fingerprint density at radius 1 is 1.24 bits per heavy atom. The van der Waals surface area contributed by atoms with Crippen molar-refractivity contribution in [3.8, 4) is 0 Å². The lowest BCUT2D eigenvalue weighted by molar-refractivity contribution is -0.137. The molecule has 0 saturated heterocycles. The summed E-state index contributed by atoms with van der Waals surface area (Å²) in [7, 11) is 5.96. The lowest BCUT2D eigenvalue weighted by atomic mass is 10.1.